The first-order valence-electron chi connectivity index (χ1n) is 9.57. The van der Waals surface area contributed by atoms with Crippen molar-refractivity contribution >= 4 is 21.4 Å². The number of nitro benzene ring substituents is 1. The predicted molar refractivity (Wildman–Crippen MR) is 104 cm³/mol. The minimum Gasteiger partial charge on any atom is -0.394 e. The first-order chi connectivity index (χ1) is 13.2. The van der Waals surface area contributed by atoms with Gasteiger partial charge in [-0.15, -0.1) is 0 Å². The van der Waals surface area contributed by atoms with Gasteiger partial charge in [0.25, 0.3) is 5.69 Å². The lowest BCUT2D eigenvalue weighted by molar-refractivity contribution is -0.384. The van der Waals surface area contributed by atoms with E-state index < -0.39 is 27.1 Å². The van der Waals surface area contributed by atoms with Crippen LogP contribution in [-0.4, -0.2) is 54.9 Å². The largest absolute Gasteiger partial charge is 0.394 e. The van der Waals surface area contributed by atoms with Gasteiger partial charge in [0.2, 0.25) is 10.0 Å². The minimum absolute atomic E-state index is 0.149. The standard InChI is InChI=1S/C18H27N3O6S/c1-12-2-4-13(5-3-12)19-28(26,27)16-6-7-17(18(9-16)21(24)25)20-10-15(23)8-14(20)11-22/h6-7,9,12-15,19,22-23H,2-5,8,10-11H2,1H3. The molecule has 0 aromatic heterocycles. The van der Waals surface area contributed by atoms with Crippen LogP contribution in [0, 0.1) is 16.0 Å². The highest BCUT2D eigenvalue weighted by Crippen LogP contribution is 2.35. The van der Waals surface area contributed by atoms with Crippen molar-refractivity contribution in [1.82, 2.24) is 4.72 Å². The number of aliphatic hydroxyl groups is 2. The fourth-order valence-electron chi connectivity index (χ4n) is 4.08. The molecular formula is C18H27N3O6S. The molecular weight excluding hydrogens is 386 g/mol. The first-order valence-corrected chi connectivity index (χ1v) is 11.1. The molecule has 1 aromatic carbocycles. The smallest absolute Gasteiger partial charge is 0.293 e. The molecule has 9 nitrogen and oxygen atoms in total. The third kappa shape index (κ3) is 4.45. The van der Waals surface area contributed by atoms with Crippen molar-refractivity contribution < 1.29 is 23.6 Å². The van der Waals surface area contributed by atoms with E-state index in [9.17, 15) is 28.7 Å². The van der Waals surface area contributed by atoms with Gasteiger partial charge >= 0.3 is 0 Å². The monoisotopic (exact) mass is 413 g/mol. The van der Waals surface area contributed by atoms with Gasteiger partial charge in [0.05, 0.1) is 28.6 Å². The van der Waals surface area contributed by atoms with E-state index in [2.05, 4.69) is 11.6 Å². The number of rotatable bonds is 6. The summed E-state index contributed by atoms with van der Waals surface area (Å²) in [6.07, 6.45) is 3.01. The first kappa shape index (κ1) is 21.0. The molecule has 3 rings (SSSR count). The molecule has 1 saturated heterocycles. The fourth-order valence-corrected chi connectivity index (χ4v) is 5.41. The van der Waals surface area contributed by atoms with Gasteiger partial charge in [0.15, 0.2) is 0 Å². The second-order valence-electron chi connectivity index (χ2n) is 7.86. The van der Waals surface area contributed by atoms with Gasteiger partial charge < -0.3 is 15.1 Å². The van der Waals surface area contributed by atoms with E-state index in [0.717, 1.165) is 31.7 Å². The molecule has 1 aliphatic carbocycles. The van der Waals surface area contributed by atoms with E-state index in [0.29, 0.717) is 12.3 Å². The molecule has 2 unspecified atom stereocenters. The summed E-state index contributed by atoms with van der Waals surface area (Å²) in [7, 11) is -3.88. The van der Waals surface area contributed by atoms with E-state index in [1.54, 1.807) is 4.90 Å². The Bertz CT molecular complexity index is 823. The number of β-amino-alcohol motifs (C(OH)–C–C–N with tert-alkyl or cyclic N) is 1. The third-order valence-corrected chi connectivity index (χ3v) is 7.22. The lowest BCUT2D eigenvalue weighted by Gasteiger charge is -2.27. The van der Waals surface area contributed by atoms with Crippen LogP contribution in [0.5, 0.6) is 0 Å². The molecule has 0 radical (unpaired) electrons. The second kappa shape index (κ2) is 8.32. The van der Waals surface area contributed by atoms with Crippen LogP contribution in [0.1, 0.15) is 39.0 Å². The van der Waals surface area contributed by atoms with Crippen LogP contribution in [0.2, 0.25) is 0 Å². The highest BCUT2D eigenvalue weighted by Gasteiger charge is 2.35. The number of anilines is 1. The topological polar surface area (TPSA) is 133 Å². The molecule has 0 amide bonds. The molecule has 28 heavy (non-hydrogen) atoms. The molecule has 10 heteroatoms. The fraction of sp³-hybridized carbons (Fsp3) is 0.667. The van der Waals surface area contributed by atoms with Crippen molar-refractivity contribution in [3.63, 3.8) is 0 Å². The maximum atomic E-state index is 12.7. The van der Waals surface area contributed by atoms with Gasteiger partial charge in [-0.25, -0.2) is 13.1 Å². The molecule has 156 valence electrons. The van der Waals surface area contributed by atoms with Crippen LogP contribution in [0.3, 0.4) is 0 Å². The third-order valence-electron chi connectivity index (χ3n) is 5.70. The Morgan fingerprint density at radius 3 is 2.57 bits per heavy atom. The van der Waals surface area contributed by atoms with Crippen LogP contribution in [0.4, 0.5) is 11.4 Å². The van der Waals surface area contributed by atoms with Crippen LogP contribution < -0.4 is 9.62 Å². The SMILES string of the molecule is CC1CCC(NS(=O)(=O)c2ccc(N3CC(O)CC3CO)c([N+](=O)[O-])c2)CC1. The lowest BCUT2D eigenvalue weighted by atomic mass is 9.88. The summed E-state index contributed by atoms with van der Waals surface area (Å²) in [6, 6.07) is 3.18. The number of nitro groups is 1. The molecule has 1 aliphatic heterocycles. The Morgan fingerprint density at radius 1 is 1.29 bits per heavy atom. The number of sulfonamides is 1. The molecule has 2 fully saturated rings. The number of aliphatic hydroxyl groups excluding tert-OH is 2. The van der Waals surface area contributed by atoms with Gasteiger partial charge in [0.1, 0.15) is 5.69 Å². The highest BCUT2D eigenvalue weighted by molar-refractivity contribution is 7.89. The summed E-state index contributed by atoms with van der Waals surface area (Å²) in [5.74, 6) is 0.580. The summed E-state index contributed by atoms with van der Waals surface area (Å²) in [5, 5.41) is 30.9. The highest BCUT2D eigenvalue weighted by atomic mass is 32.2. The molecule has 2 atom stereocenters. The van der Waals surface area contributed by atoms with E-state index >= 15 is 0 Å². The molecule has 0 bridgehead atoms. The summed E-state index contributed by atoms with van der Waals surface area (Å²) < 4.78 is 28.1. The normalized spacial score (nSPS) is 28.5. The van der Waals surface area contributed by atoms with Crippen LogP contribution in [-0.2, 0) is 10.0 Å². The van der Waals surface area contributed by atoms with Crippen molar-refractivity contribution in [3.8, 4) is 0 Å². The van der Waals surface area contributed by atoms with Crippen LogP contribution in [0.25, 0.3) is 0 Å². The zero-order valence-corrected chi connectivity index (χ0v) is 16.6. The van der Waals surface area contributed by atoms with Gasteiger partial charge in [0, 0.05) is 18.7 Å². The van der Waals surface area contributed by atoms with E-state index in [-0.39, 0.29) is 35.5 Å². The van der Waals surface area contributed by atoms with E-state index in [1.807, 2.05) is 0 Å². The lowest BCUT2D eigenvalue weighted by Crippen LogP contribution is -2.37. The van der Waals surface area contributed by atoms with Gasteiger partial charge in [-0.05, 0) is 50.2 Å². The minimum atomic E-state index is -3.88. The van der Waals surface area contributed by atoms with Crippen molar-refractivity contribution in [1.29, 1.82) is 0 Å². The van der Waals surface area contributed by atoms with Gasteiger partial charge in [-0.3, -0.25) is 10.1 Å². The van der Waals surface area contributed by atoms with Gasteiger partial charge in [-0.1, -0.05) is 6.92 Å². The van der Waals surface area contributed by atoms with Gasteiger partial charge in [-0.2, -0.15) is 0 Å². The summed E-state index contributed by atoms with van der Waals surface area (Å²) in [6.45, 7) is 2.04. The van der Waals surface area contributed by atoms with E-state index in [1.165, 1.54) is 12.1 Å². The Balaban J connectivity index is 1.87. The van der Waals surface area contributed by atoms with Crippen molar-refractivity contribution in [2.45, 2.75) is 62.1 Å². The van der Waals surface area contributed by atoms with Crippen molar-refractivity contribution in [2.75, 3.05) is 18.1 Å². The Kier molecular flexibility index (Phi) is 6.23. The second-order valence-corrected chi connectivity index (χ2v) is 9.58. The zero-order chi connectivity index (χ0) is 20.5. The van der Waals surface area contributed by atoms with Crippen molar-refractivity contribution in [3.05, 3.63) is 28.3 Å². The Morgan fingerprint density at radius 2 is 1.96 bits per heavy atom. The summed E-state index contributed by atoms with van der Waals surface area (Å²) >= 11 is 0. The maximum Gasteiger partial charge on any atom is 0.293 e. The molecule has 1 saturated carbocycles. The number of hydrogen-bond donors (Lipinski definition) is 3. The average molecular weight is 413 g/mol. The average Bonchev–Trinajstić information content (AvgIpc) is 3.03. The number of benzene rings is 1. The number of nitrogens with zero attached hydrogens (tertiary/aromatic N) is 2. The number of nitrogens with one attached hydrogen (secondary N) is 1. The maximum absolute atomic E-state index is 12.7. The molecule has 3 N–H and O–H groups in total. The quantitative estimate of drug-likeness (QED) is 0.474. The van der Waals surface area contributed by atoms with Crippen molar-refractivity contribution in [2.24, 2.45) is 5.92 Å². The molecule has 1 aromatic rings. The predicted octanol–water partition coefficient (Wildman–Crippen LogP) is 1.38. The van der Waals surface area contributed by atoms with Crippen LogP contribution in [0.15, 0.2) is 23.1 Å². The number of hydrogen-bond acceptors (Lipinski definition) is 7. The van der Waals surface area contributed by atoms with E-state index in [4.69, 9.17) is 0 Å². The molecule has 0 spiro atoms. The summed E-state index contributed by atoms with van der Waals surface area (Å²) in [4.78, 5) is 12.4. The molecule has 2 aliphatic rings. The summed E-state index contributed by atoms with van der Waals surface area (Å²) in [5.41, 5.74) is -0.154. The molecule has 1 heterocycles. The Labute approximate surface area is 164 Å². The zero-order valence-electron chi connectivity index (χ0n) is 15.8. The Hall–Kier alpha value is -1.75. The van der Waals surface area contributed by atoms with Crippen LogP contribution >= 0.6 is 0 Å².